The molecular formula is C14H14S2. The van der Waals surface area contributed by atoms with Crippen LogP contribution in [-0.2, 0) is 10.5 Å². The van der Waals surface area contributed by atoms with Gasteiger partial charge in [0.05, 0.1) is 4.08 Å². The minimum absolute atomic E-state index is 0.414. The summed E-state index contributed by atoms with van der Waals surface area (Å²) in [4.78, 5) is 0. The van der Waals surface area contributed by atoms with Crippen LogP contribution in [-0.4, -0.2) is 0 Å². The summed E-state index contributed by atoms with van der Waals surface area (Å²) in [6, 6.07) is 20.5. The molecule has 0 amide bonds. The highest BCUT2D eigenvalue weighted by atomic mass is 32.2. The first-order valence-corrected chi connectivity index (χ1v) is 6.12. The Labute approximate surface area is 108 Å². The zero-order valence-corrected chi connectivity index (χ0v) is 10.7. The average molecular weight is 246 g/mol. The van der Waals surface area contributed by atoms with E-state index in [-0.39, 0.29) is 0 Å². The minimum Gasteiger partial charge on any atom is -0.157 e. The van der Waals surface area contributed by atoms with Gasteiger partial charge >= 0.3 is 0 Å². The van der Waals surface area contributed by atoms with E-state index in [0.29, 0.717) is 0 Å². The Morgan fingerprint density at radius 3 is 1.81 bits per heavy atom. The second kappa shape index (κ2) is 4.98. The first-order chi connectivity index (χ1) is 7.68. The number of thiol groups is 2. The summed E-state index contributed by atoms with van der Waals surface area (Å²) < 4.78 is -0.414. The lowest BCUT2D eigenvalue weighted by atomic mass is 10.0. The van der Waals surface area contributed by atoms with E-state index in [0.717, 1.165) is 12.0 Å². The van der Waals surface area contributed by atoms with Gasteiger partial charge in [-0.15, -0.1) is 0 Å². The van der Waals surface area contributed by atoms with Crippen molar-refractivity contribution >= 4 is 25.3 Å². The molecule has 0 heterocycles. The fourth-order valence-corrected chi connectivity index (χ4v) is 2.35. The third kappa shape index (κ3) is 2.83. The van der Waals surface area contributed by atoms with Gasteiger partial charge in [0, 0.05) is 0 Å². The van der Waals surface area contributed by atoms with Crippen molar-refractivity contribution in [1.82, 2.24) is 0 Å². The monoisotopic (exact) mass is 246 g/mol. The lowest BCUT2D eigenvalue weighted by Gasteiger charge is -2.23. The van der Waals surface area contributed by atoms with Crippen LogP contribution >= 0.6 is 25.3 Å². The molecule has 0 atom stereocenters. The zero-order valence-electron chi connectivity index (χ0n) is 8.88. The van der Waals surface area contributed by atoms with Crippen molar-refractivity contribution in [3.05, 3.63) is 71.8 Å². The zero-order chi connectivity index (χ0) is 11.4. The van der Waals surface area contributed by atoms with Crippen LogP contribution in [0.25, 0.3) is 0 Å². The minimum atomic E-state index is -0.414. The topological polar surface area (TPSA) is 0 Å². The quantitative estimate of drug-likeness (QED) is 0.595. The number of benzene rings is 2. The Morgan fingerprint density at radius 1 is 0.750 bits per heavy atom. The highest BCUT2D eigenvalue weighted by Crippen LogP contribution is 2.36. The molecule has 0 spiro atoms. The molecule has 2 rings (SSSR count). The molecule has 0 fully saturated rings. The summed E-state index contributed by atoms with van der Waals surface area (Å²) in [6.45, 7) is 0. The Kier molecular flexibility index (Phi) is 3.62. The van der Waals surface area contributed by atoms with Crippen LogP contribution in [0.2, 0.25) is 0 Å². The van der Waals surface area contributed by atoms with Crippen molar-refractivity contribution in [2.24, 2.45) is 0 Å². The standard InChI is InChI=1S/C14H14S2/c15-14(16,13-9-5-2-6-10-13)11-12-7-3-1-4-8-12/h1-10,15-16H,11H2. The Bertz CT molecular complexity index is 435. The van der Waals surface area contributed by atoms with Crippen LogP contribution in [0.4, 0.5) is 0 Å². The van der Waals surface area contributed by atoms with E-state index in [1.165, 1.54) is 5.56 Å². The molecule has 0 saturated carbocycles. The maximum absolute atomic E-state index is 4.65. The van der Waals surface area contributed by atoms with E-state index < -0.39 is 4.08 Å². The summed E-state index contributed by atoms with van der Waals surface area (Å²) >= 11 is 9.30. The first-order valence-electron chi connectivity index (χ1n) is 5.23. The summed E-state index contributed by atoms with van der Waals surface area (Å²) in [7, 11) is 0. The molecular weight excluding hydrogens is 232 g/mol. The van der Waals surface area contributed by atoms with Gasteiger partial charge in [0.15, 0.2) is 0 Å². The van der Waals surface area contributed by atoms with E-state index in [2.05, 4.69) is 49.5 Å². The van der Waals surface area contributed by atoms with Gasteiger partial charge in [-0.1, -0.05) is 60.7 Å². The predicted molar refractivity (Wildman–Crippen MR) is 76.2 cm³/mol. The molecule has 2 aromatic carbocycles. The third-order valence-corrected chi connectivity index (χ3v) is 3.36. The van der Waals surface area contributed by atoms with Gasteiger partial charge in [-0.2, -0.15) is 25.3 Å². The molecule has 0 aliphatic heterocycles. The highest BCUT2D eigenvalue weighted by molar-refractivity contribution is 7.99. The van der Waals surface area contributed by atoms with Gasteiger partial charge in [-0.25, -0.2) is 0 Å². The lowest BCUT2D eigenvalue weighted by molar-refractivity contribution is 0.879. The molecule has 0 radical (unpaired) electrons. The van der Waals surface area contributed by atoms with Gasteiger partial charge in [-0.3, -0.25) is 0 Å². The van der Waals surface area contributed by atoms with E-state index >= 15 is 0 Å². The molecule has 0 aliphatic rings. The summed E-state index contributed by atoms with van der Waals surface area (Å²) in [5.74, 6) is 0. The number of rotatable bonds is 3. The van der Waals surface area contributed by atoms with E-state index in [1.54, 1.807) is 0 Å². The van der Waals surface area contributed by atoms with Crippen LogP contribution in [0.5, 0.6) is 0 Å². The van der Waals surface area contributed by atoms with E-state index in [9.17, 15) is 0 Å². The summed E-state index contributed by atoms with van der Waals surface area (Å²) in [5.41, 5.74) is 2.38. The van der Waals surface area contributed by atoms with E-state index in [1.807, 2.05) is 36.4 Å². The molecule has 0 nitrogen and oxygen atoms in total. The molecule has 82 valence electrons. The molecule has 2 heteroatoms. The van der Waals surface area contributed by atoms with E-state index in [4.69, 9.17) is 0 Å². The second-order valence-electron chi connectivity index (χ2n) is 3.85. The SMILES string of the molecule is SC(S)(Cc1ccccc1)c1ccccc1. The molecule has 0 aromatic heterocycles. The van der Waals surface area contributed by atoms with Crippen molar-refractivity contribution in [2.45, 2.75) is 10.5 Å². The molecule has 0 unspecified atom stereocenters. The van der Waals surface area contributed by atoms with Crippen molar-refractivity contribution in [3.8, 4) is 0 Å². The highest BCUT2D eigenvalue weighted by Gasteiger charge is 2.22. The fraction of sp³-hybridized carbons (Fsp3) is 0.143. The molecule has 16 heavy (non-hydrogen) atoms. The Morgan fingerprint density at radius 2 is 1.25 bits per heavy atom. The second-order valence-corrected chi connectivity index (χ2v) is 5.72. The van der Waals surface area contributed by atoms with Crippen LogP contribution in [0.15, 0.2) is 60.7 Å². The summed E-state index contributed by atoms with van der Waals surface area (Å²) in [5, 5.41) is 0. The Balaban J connectivity index is 2.21. The van der Waals surface area contributed by atoms with Gasteiger partial charge in [0.2, 0.25) is 0 Å². The third-order valence-electron chi connectivity index (χ3n) is 2.53. The van der Waals surface area contributed by atoms with Gasteiger partial charge < -0.3 is 0 Å². The van der Waals surface area contributed by atoms with Gasteiger partial charge in [0.25, 0.3) is 0 Å². The normalized spacial score (nSPS) is 11.4. The van der Waals surface area contributed by atoms with Crippen LogP contribution in [0.1, 0.15) is 11.1 Å². The maximum Gasteiger partial charge on any atom is 0.0842 e. The molecule has 0 saturated heterocycles. The molecule has 0 bridgehead atoms. The smallest absolute Gasteiger partial charge is 0.0842 e. The molecule has 0 N–H and O–H groups in total. The number of hydrogen-bond donors (Lipinski definition) is 2. The van der Waals surface area contributed by atoms with Crippen molar-refractivity contribution in [1.29, 1.82) is 0 Å². The average Bonchev–Trinajstić information content (AvgIpc) is 2.31. The predicted octanol–water partition coefficient (Wildman–Crippen LogP) is 3.94. The first kappa shape index (κ1) is 11.6. The maximum atomic E-state index is 4.65. The number of hydrogen-bond acceptors (Lipinski definition) is 2. The van der Waals surface area contributed by atoms with Gasteiger partial charge in [-0.05, 0) is 17.5 Å². The van der Waals surface area contributed by atoms with Crippen molar-refractivity contribution in [2.75, 3.05) is 0 Å². The Hall–Kier alpha value is -0.860. The van der Waals surface area contributed by atoms with Gasteiger partial charge in [0.1, 0.15) is 0 Å². The fourth-order valence-electron chi connectivity index (χ4n) is 1.69. The van der Waals surface area contributed by atoms with Crippen molar-refractivity contribution < 1.29 is 0 Å². The van der Waals surface area contributed by atoms with Crippen molar-refractivity contribution in [3.63, 3.8) is 0 Å². The van der Waals surface area contributed by atoms with Crippen LogP contribution in [0.3, 0.4) is 0 Å². The van der Waals surface area contributed by atoms with Crippen LogP contribution in [0, 0.1) is 0 Å². The molecule has 0 aliphatic carbocycles. The lowest BCUT2D eigenvalue weighted by Crippen LogP contribution is -2.14. The van der Waals surface area contributed by atoms with Crippen LogP contribution < -0.4 is 0 Å². The largest absolute Gasteiger partial charge is 0.157 e. The molecule has 2 aromatic rings. The summed E-state index contributed by atoms with van der Waals surface area (Å²) in [6.07, 6.45) is 0.810.